The summed E-state index contributed by atoms with van der Waals surface area (Å²) in [6, 6.07) is 14.7. The number of rotatable bonds is 5. The molecule has 0 unspecified atom stereocenters. The van der Waals surface area contributed by atoms with Gasteiger partial charge in [-0.25, -0.2) is 9.97 Å². The van der Waals surface area contributed by atoms with Crippen LogP contribution in [0.4, 0.5) is 17.5 Å². The van der Waals surface area contributed by atoms with E-state index in [2.05, 4.69) is 26.5 Å². The van der Waals surface area contributed by atoms with Gasteiger partial charge in [0.2, 0.25) is 11.9 Å². The first-order chi connectivity index (χ1) is 16.9. The second-order valence-electron chi connectivity index (χ2n) is 8.10. The summed E-state index contributed by atoms with van der Waals surface area (Å²) in [5.74, 6) is 0.709. The summed E-state index contributed by atoms with van der Waals surface area (Å²) in [4.78, 5) is 23.3. The van der Waals surface area contributed by atoms with Crippen LogP contribution in [0.2, 0.25) is 5.02 Å². The molecule has 1 aliphatic heterocycles. The summed E-state index contributed by atoms with van der Waals surface area (Å²) in [5, 5.41) is 28.1. The summed E-state index contributed by atoms with van der Waals surface area (Å²) in [7, 11) is 1.78. The molecule has 2 N–H and O–H groups in total. The van der Waals surface area contributed by atoms with Crippen LogP contribution in [0.25, 0.3) is 11.3 Å². The Morgan fingerprint density at radius 3 is 2.86 bits per heavy atom. The van der Waals surface area contributed by atoms with Crippen molar-refractivity contribution in [3.05, 3.63) is 76.6 Å². The maximum Gasteiger partial charge on any atom is 0.231 e. The Hall–Kier alpha value is -4.42. The van der Waals surface area contributed by atoms with Crippen LogP contribution in [-0.4, -0.2) is 37.3 Å². The van der Waals surface area contributed by atoms with Crippen LogP contribution in [-0.2, 0) is 24.7 Å². The minimum absolute atomic E-state index is 0.117. The highest BCUT2D eigenvalue weighted by Gasteiger charge is 2.29. The van der Waals surface area contributed by atoms with Crippen molar-refractivity contribution in [1.29, 1.82) is 5.26 Å². The Morgan fingerprint density at radius 1 is 1.29 bits per heavy atom. The van der Waals surface area contributed by atoms with Crippen LogP contribution in [0.5, 0.6) is 5.75 Å². The third-order valence-corrected chi connectivity index (χ3v) is 6.26. The fourth-order valence-corrected chi connectivity index (χ4v) is 4.38. The maximum atomic E-state index is 13.1. The molecule has 0 bridgehead atoms. The molecule has 174 valence electrons. The number of fused-ring (bicyclic) bond motifs is 1. The molecule has 0 saturated carbocycles. The lowest BCUT2D eigenvalue weighted by molar-refractivity contribution is -0.117. The van der Waals surface area contributed by atoms with E-state index >= 15 is 0 Å². The van der Waals surface area contributed by atoms with Crippen molar-refractivity contribution in [3.8, 4) is 23.1 Å². The minimum atomic E-state index is -0.131. The molecule has 35 heavy (non-hydrogen) atoms. The van der Waals surface area contributed by atoms with Crippen LogP contribution >= 0.6 is 11.6 Å². The number of halogens is 1. The van der Waals surface area contributed by atoms with E-state index in [0.29, 0.717) is 40.6 Å². The molecule has 2 aromatic heterocycles. The lowest BCUT2D eigenvalue weighted by Crippen LogP contribution is -2.31. The predicted octanol–water partition coefficient (Wildman–Crippen LogP) is 3.98. The van der Waals surface area contributed by atoms with E-state index in [1.165, 1.54) is 6.20 Å². The van der Waals surface area contributed by atoms with Gasteiger partial charge in [0.05, 0.1) is 30.1 Å². The number of hydrogen-bond donors (Lipinski definition) is 2. The molecule has 1 aliphatic rings. The average Bonchev–Trinajstić information content (AvgIpc) is 3.47. The van der Waals surface area contributed by atoms with E-state index in [4.69, 9.17) is 11.6 Å². The number of nitriles is 1. The highest BCUT2D eigenvalue weighted by Crippen LogP contribution is 2.38. The van der Waals surface area contributed by atoms with E-state index < -0.39 is 0 Å². The SMILES string of the molecule is Cn1nccc1Nc1ncc(O)c(-c2cc(C#N)c3c(c2)CCN3C(=O)Cc2ccccc2Cl)n1. The minimum Gasteiger partial charge on any atom is -0.504 e. The fraction of sp³-hybridized carbons (Fsp3) is 0.160. The number of aryl methyl sites for hydroxylation is 1. The predicted molar refractivity (Wildman–Crippen MR) is 132 cm³/mol. The van der Waals surface area contributed by atoms with E-state index in [0.717, 1.165) is 11.1 Å². The van der Waals surface area contributed by atoms with Crippen LogP contribution in [0, 0.1) is 11.3 Å². The van der Waals surface area contributed by atoms with Crippen molar-refractivity contribution >= 4 is 35.0 Å². The van der Waals surface area contributed by atoms with Gasteiger partial charge in [-0.3, -0.25) is 9.48 Å². The zero-order valence-corrected chi connectivity index (χ0v) is 19.5. The average molecular weight is 486 g/mol. The molecule has 0 saturated heterocycles. The van der Waals surface area contributed by atoms with Crippen molar-refractivity contribution < 1.29 is 9.90 Å². The molecule has 0 spiro atoms. The Kier molecular flexibility index (Phi) is 5.81. The first-order valence-corrected chi connectivity index (χ1v) is 11.2. The van der Waals surface area contributed by atoms with E-state index in [-0.39, 0.29) is 29.7 Å². The third-order valence-electron chi connectivity index (χ3n) is 5.89. The smallest absolute Gasteiger partial charge is 0.231 e. The standard InChI is InChI=1S/C25H20ClN7O2/c1-32-21(6-8-29-32)30-25-28-14-20(34)23(31-25)17-10-16-7-9-33(24(16)18(11-17)13-27)22(35)12-15-4-2-3-5-19(15)26/h2-6,8,10-11,14,34H,7,9,12H2,1H3,(H,28,30,31). The molecule has 0 radical (unpaired) electrons. The molecule has 3 heterocycles. The lowest BCUT2D eigenvalue weighted by atomic mass is 10.0. The molecule has 4 aromatic rings. The van der Waals surface area contributed by atoms with Crippen LogP contribution in [0.3, 0.4) is 0 Å². The number of nitrogens with one attached hydrogen (secondary N) is 1. The maximum absolute atomic E-state index is 13.1. The summed E-state index contributed by atoms with van der Waals surface area (Å²) in [6.45, 7) is 0.458. The zero-order chi connectivity index (χ0) is 24.5. The van der Waals surface area contributed by atoms with Crippen LogP contribution in [0.1, 0.15) is 16.7 Å². The number of carbonyl (C=O) groups is 1. The molecule has 5 rings (SSSR count). The van der Waals surface area contributed by atoms with Gasteiger partial charge in [0.1, 0.15) is 17.6 Å². The highest BCUT2D eigenvalue weighted by molar-refractivity contribution is 6.31. The number of benzene rings is 2. The summed E-state index contributed by atoms with van der Waals surface area (Å²) >= 11 is 6.23. The monoisotopic (exact) mass is 485 g/mol. The second kappa shape index (κ2) is 9.08. The van der Waals surface area contributed by atoms with E-state index in [1.807, 2.05) is 24.3 Å². The van der Waals surface area contributed by atoms with Gasteiger partial charge in [-0.15, -0.1) is 0 Å². The summed E-state index contributed by atoms with van der Waals surface area (Å²) < 4.78 is 1.63. The fourth-order valence-electron chi connectivity index (χ4n) is 4.18. The molecule has 0 atom stereocenters. The Bertz CT molecular complexity index is 1490. The lowest BCUT2D eigenvalue weighted by Gasteiger charge is -2.19. The summed E-state index contributed by atoms with van der Waals surface area (Å²) in [5.41, 5.74) is 3.35. The number of aromatic hydroxyl groups is 1. The Balaban J connectivity index is 1.48. The van der Waals surface area contributed by atoms with Gasteiger partial charge in [0.15, 0.2) is 5.75 Å². The topological polar surface area (TPSA) is 120 Å². The molecule has 2 aromatic carbocycles. The van der Waals surface area contributed by atoms with E-state index in [1.54, 1.807) is 41.0 Å². The van der Waals surface area contributed by atoms with Gasteiger partial charge in [0.25, 0.3) is 0 Å². The third kappa shape index (κ3) is 4.27. The molecule has 0 fully saturated rings. The largest absolute Gasteiger partial charge is 0.504 e. The van der Waals surface area contributed by atoms with Crippen molar-refractivity contribution in [1.82, 2.24) is 19.7 Å². The molecule has 1 amide bonds. The first-order valence-electron chi connectivity index (χ1n) is 10.9. The molecule has 10 heteroatoms. The zero-order valence-electron chi connectivity index (χ0n) is 18.7. The first kappa shape index (κ1) is 22.4. The van der Waals surface area contributed by atoms with E-state index in [9.17, 15) is 15.2 Å². The van der Waals surface area contributed by atoms with Gasteiger partial charge in [0, 0.05) is 30.2 Å². The highest BCUT2D eigenvalue weighted by atomic mass is 35.5. The van der Waals surface area contributed by atoms with Crippen molar-refractivity contribution in [2.24, 2.45) is 7.05 Å². The van der Waals surface area contributed by atoms with Crippen LogP contribution < -0.4 is 10.2 Å². The number of amides is 1. The van der Waals surface area contributed by atoms with Crippen LogP contribution in [0.15, 0.2) is 54.9 Å². The van der Waals surface area contributed by atoms with Crippen molar-refractivity contribution in [2.75, 3.05) is 16.8 Å². The number of aromatic nitrogens is 4. The van der Waals surface area contributed by atoms with Gasteiger partial charge < -0.3 is 15.3 Å². The van der Waals surface area contributed by atoms with Crippen molar-refractivity contribution in [2.45, 2.75) is 12.8 Å². The molecular formula is C25H20ClN7O2. The quantitative estimate of drug-likeness (QED) is 0.438. The molecule has 9 nitrogen and oxygen atoms in total. The van der Waals surface area contributed by atoms with Gasteiger partial charge >= 0.3 is 0 Å². The second-order valence-corrected chi connectivity index (χ2v) is 8.51. The number of hydrogen-bond acceptors (Lipinski definition) is 7. The molecule has 0 aliphatic carbocycles. The van der Waals surface area contributed by atoms with Gasteiger partial charge in [-0.1, -0.05) is 29.8 Å². The Labute approximate surface area is 206 Å². The Morgan fingerprint density at radius 2 is 2.11 bits per heavy atom. The number of nitrogens with zero attached hydrogens (tertiary/aromatic N) is 6. The van der Waals surface area contributed by atoms with Gasteiger partial charge in [-0.2, -0.15) is 10.4 Å². The number of anilines is 3. The number of carbonyl (C=O) groups excluding carboxylic acids is 1. The normalized spacial score (nSPS) is 12.3. The van der Waals surface area contributed by atoms with Gasteiger partial charge in [-0.05, 0) is 35.7 Å². The molecular weight excluding hydrogens is 466 g/mol. The summed E-state index contributed by atoms with van der Waals surface area (Å²) in [6.07, 6.45) is 3.67. The van der Waals surface area contributed by atoms with Crippen molar-refractivity contribution in [3.63, 3.8) is 0 Å².